The fourth-order valence-corrected chi connectivity index (χ4v) is 3.42. The standard InChI is InChI=1S/C11H18BrN3OS/c1-8-9(12)6-11(17-8)10(7-13)14-15-2-4-16-5-3-15/h6,10,14H,2-5,7,13H2,1H3. The lowest BCUT2D eigenvalue weighted by Crippen LogP contribution is -2.48. The summed E-state index contributed by atoms with van der Waals surface area (Å²) in [5, 5.41) is 2.20. The van der Waals surface area contributed by atoms with E-state index in [2.05, 4.69) is 39.4 Å². The maximum absolute atomic E-state index is 5.85. The number of hydrogen-bond donors (Lipinski definition) is 2. The molecule has 1 aliphatic rings. The molecule has 0 bridgehead atoms. The van der Waals surface area contributed by atoms with E-state index >= 15 is 0 Å². The minimum atomic E-state index is 0.197. The highest BCUT2D eigenvalue weighted by molar-refractivity contribution is 9.10. The molecule has 2 heterocycles. The third-order valence-corrected chi connectivity index (χ3v) is 5.06. The first kappa shape index (κ1) is 13.5. The Bertz CT molecular complexity index is 346. The highest BCUT2D eigenvalue weighted by Crippen LogP contribution is 2.30. The van der Waals surface area contributed by atoms with Crippen molar-refractivity contribution in [3.63, 3.8) is 0 Å². The van der Waals surface area contributed by atoms with E-state index < -0.39 is 0 Å². The zero-order valence-corrected chi connectivity index (χ0v) is 12.3. The van der Waals surface area contributed by atoms with E-state index in [9.17, 15) is 0 Å². The van der Waals surface area contributed by atoms with Crippen LogP contribution in [0.2, 0.25) is 0 Å². The Morgan fingerprint density at radius 3 is 2.82 bits per heavy atom. The molecular formula is C11H18BrN3OS. The zero-order chi connectivity index (χ0) is 12.3. The number of nitrogens with one attached hydrogen (secondary N) is 1. The average molecular weight is 320 g/mol. The van der Waals surface area contributed by atoms with Gasteiger partial charge < -0.3 is 10.5 Å². The van der Waals surface area contributed by atoms with E-state index in [0.29, 0.717) is 6.54 Å². The molecule has 0 saturated carbocycles. The van der Waals surface area contributed by atoms with Gasteiger partial charge in [-0.3, -0.25) is 0 Å². The molecule has 2 rings (SSSR count). The lowest BCUT2D eigenvalue weighted by atomic mass is 10.2. The van der Waals surface area contributed by atoms with Crippen LogP contribution in [0.25, 0.3) is 0 Å². The van der Waals surface area contributed by atoms with Crippen LogP contribution in [0, 0.1) is 6.92 Å². The Hall–Kier alpha value is 0.0200. The molecule has 0 amide bonds. The van der Waals surface area contributed by atoms with Crippen LogP contribution < -0.4 is 11.2 Å². The Morgan fingerprint density at radius 1 is 1.59 bits per heavy atom. The number of hydrazine groups is 1. The molecule has 6 heteroatoms. The Labute approximate surface area is 114 Å². The van der Waals surface area contributed by atoms with Crippen LogP contribution in [0.5, 0.6) is 0 Å². The van der Waals surface area contributed by atoms with E-state index in [4.69, 9.17) is 10.5 Å². The normalized spacial score (nSPS) is 19.5. The largest absolute Gasteiger partial charge is 0.379 e. The Kier molecular flexibility index (Phi) is 4.96. The van der Waals surface area contributed by atoms with Gasteiger partial charge in [-0.05, 0) is 28.9 Å². The number of ether oxygens (including phenoxy) is 1. The van der Waals surface area contributed by atoms with Crippen molar-refractivity contribution in [3.05, 3.63) is 20.3 Å². The van der Waals surface area contributed by atoms with E-state index in [1.54, 1.807) is 11.3 Å². The van der Waals surface area contributed by atoms with Crippen molar-refractivity contribution in [3.8, 4) is 0 Å². The van der Waals surface area contributed by atoms with Crippen LogP contribution in [-0.4, -0.2) is 37.9 Å². The van der Waals surface area contributed by atoms with Crippen LogP contribution in [0.4, 0.5) is 0 Å². The Balaban J connectivity index is 2.00. The molecule has 0 spiro atoms. The van der Waals surface area contributed by atoms with E-state index in [0.717, 1.165) is 26.3 Å². The van der Waals surface area contributed by atoms with Crippen molar-refractivity contribution in [2.24, 2.45) is 5.73 Å². The fourth-order valence-electron chi connectivity index (χ4n) is 1.80. The second-order valence-corrected chi connectivity index (χ2v) is 6.21. The van der Waals surface area contributed by atoms with E-state index in [1.807, 2.05) is 0 Å². The van der Waals surface area contributed by atoms with Crippen molar-refractivity contribution < 1.29 is 4.74 Å². The molecule has 1 aromatic heterocycles. The summed E-state index contributed by atoms with van der Waals surface area (Å²) in [4.78, 5) is 2.57. The molecule has 96 valence electrons. The predicted molar refractivity (Wildman–Crippen MR) is 74.1 cm³/mol. The number of nitrogens with zero attached hydrogens (tertiary/aromatic N) is 1. The van der Waals surface area contributed by atoms with Gasteiger partial charge in [0.15, 0.2) is 0 Å². The fraction of sp³-hybridized carbons (Fsp3) is 0.636. The Morgan fingerprint density at radius 2 is 2.29 bits per heavy atom. The highest BCUT2D eigenvalue weighted by atomic mass is 79.9. The lowest BCUT2D eigenvalue weighted by Gasteiger charge is -2.30. The molecule has 1 aromatic rings. The van der Waals surface area contributed by atoms with Crippen LogP contribution in [0.15, 0.2) is 10.5 Å². The van der Waals surface area contributed by atoms with Gasteiger partial charge in [-0.2, -0.15) is 0 Å². The van der Waals surface area contributed by atoms with Gasteiger partial charge in [0.05, 0.1) is 19.3 Å². The smallest absolute Gasteiger partial charge is 0.0680 e. The molecule has 0 radical (unpaired) electrons. The van der Waals surface area contributed by atoms with Gasteiger partial charge in [0.2, 0.25) is 0 Å². The third kappa shape index (κ3) is 3.49. The number of thiophene rings is 1. The average Bonchev–Trinajstić information content (AvgIpc) is 2.68. The molecule has 0 aliphatic carbocycles. The number of hydrogen-bond acceptors (Lipinski definition) is 5. The van der Waals surface area contributed by atoms with Crippen molar-refractivity contribution in [1.29, 1.82) is 0 Å². The molecule has 1 aliphatic heterocycles. The van der Waals surface area contributed by atoms with Crippen LogP contribution in [0.3, 0.4) is 0 Å². The number of morpholine rings is 1. The van der Waals surface area contributed by atoms with Gasteiger partial charge in [0, 0.05) is 33.9 Å². The number of aryl methyl sites for hydroxylation is 1. The topological polar surface area (TPSA) is 50.5 Å². The molecule has 17 heavy (non-hydrogen) atoms. The molecule has 3 N–H and O–H groups in total. The first-order valence-electron chi connectivity index (χ1n) is 5.75. The van der Waals surface area contributed by atoms with Gasteiger partial charge >= 0.3 is 0 Å². The summed E-state index contributed by atoms with van der Waals surface area (Å²) in [6, 6.07) is 2.36. The first-order chi connectivity index (χ1) is 8.20. The summed E-state index contributed by atoms with van der Waals surface area (Å²) in [6.07, 6.45) is 0. The summed E-state index contributed by atoms with van der Waals surface area (Å²) >= 11 is 5.34. The highest BCUT2D eigenvalue weighted by Gasteiger charge is 2.18. The summed E-state index contributed by atoms with van der Waals surface area (Å²) in [5.74, 6) is 0. The molecule has 1 atom stereocenters. The van der Waals surface area contributed by atoms with E-state index in [-0.39, 0.29) is 6.04 Å². The van der Waals surface area contributed by atoms with Crippen LogP contribution >= 0.6 is 27.3 Å². The second kappa shape index (κ2) is 6.26. The third-order valence-electron chi connectivity index (χ3n) is 2.80. The summed E-state index contributed by atoms with van der Waals surface area (Å²) in [7, 11) is 0. The predicted octanol–water partition coefficient (Wildman–Crippen LogP) is 1.66. The second-order valence-electron chi connectivity index (χ2n) is 4.07. The molecule has 1 saturated heterocycles. The maximum Gasteiger partial charge on any atom is 0.0680 e. The van der Waals surface area contributed by atoms with E-state index in [1.165, 1.54) is 14.2 Å². The van der Waals surface area contributed by atoms with Crippen LogP contribution in [-0.2, 0) is 4.74 Å². The summed E-state index contributed by atoms with van der Waals surface area (Å²) < 4.78 is 6.49. The zero-order valence-electron chi connectivity index (χ0n) is 9.91. The molecule has 1 unspecified atom stereocenters. The summed E-state index contributed by atoms with van der Waals surface area (Å²) in [5.41, 5.74) is 9.33. The molecule has 1 fully saturated rings. The van der Waals surface area contributed by atoms with Gasteiger partial charge in [-0.15, -0.1) is 11.3 Å². The monoisotopic (exact) mass is 319 g/mol. The van der Waals surface area contributed by atoms with Gasteiger partial charge in [0.1, 0.15) is 0 Å². The molecule has 0 aromatic carbocycles. The summed E-state index contributed by atoms with van der Waals surface area (Å²) in [6.45, 7) is 6.13. The molecular weight excluding hydrogens is 302 g/mol. The maximum atomic E-state index is 5.85. The number of halogens is 1. The first-order valence-corrected chi connectivity index (χ1v) is 7.36. The number of nitrogens with two attached hydrogens (primary N) is 1. The van der Waals surface area contributed by atoms with Gasteiger partial charge in [-0.1, -0.05) is 0 Å². The molecule has 4 nitrogen and oxygen atoms in total. The van der Waals surface area contributed by atoms with Crippen molar-refractivity contribution >= 4 is 27.3 Å². The minimum Gasteiger partial charge on any atom is -0.379 e. The minimum absolute atomic E-state index is 0.197. The lowest BCUT2D eigenvalue weighted by molar-refractivity contribution is 0.00433. The quantitative estimate of drug-likeness (QED) is 0.886. The van der Waals surface area contributed by atoms with Crippen molar-refractivity contribution in [2.45, 2.75) is 13.0 Å². The van der Waals surface area contributed by atoms with Gasteiger partial charge in [0.25, 0.3) is 0 Å². The number of rotatable bonds is 4. The van der Waals surface area contributed by atoms with Gasteiger partial charge in [-0.25, -0.2) is 10.4 Å². The van der Waals surface area contributed by atoms with Crippen molar-refractivity contribution in [2.75, 3.05) is 32.8 Å². The van der Waals surface area contributed by atoms with Crippen molar-refractivity contribution in [1.82, 2.24) is 10.4 Å². The van der Waals surface area contributed by atoms with Crippen LogP contribution in [0.1, 0.15) is 15.8 Å². The SMILES string of the molecule is Cc1sc(C(CN)NN2CCOCC2)cc1Br.